The Morgan fingerprint density at radius 3 is 2.48 bits per heavy atom. The van der Waals surface area contributed by atoms with E-state index in [0.29, 0.717) is 0 Å². The zero-order valence-corrected chi connectivity index (χ0v) is 11.9. The summed E-state index contributed by atoms with van der Waals surface area (Å²) in [6.07, 6.45) is 0. The number of amides is 1. The smallest absolute Gasteiger partial charge is 0.306 e. The van der Waals surface area contributed by atoms with Gasteiger partial charge in [0.2, 0.25) is 5.82 Å². The van der Waals surface area contributed by atoms with Gasteiger partial charge in [-0.3, -0.25) is 14.9 Å². The third-order valence-corrected chi connectivity index (χ3v) is 3.23. The van der Waals surface area contributed by atoms with Gasteiger partial charge in [0.1, 0.15) is 5.82 Å². The Morgan fingerprint density at radius 1 is 1.14 bits per heavy atom. The molecule has 0 fully saturated rings. The number of nitro groups is 1. The van der Waals surface area contributed by atoms with Crippen LogP contribution in [-0.2, 0) is 0 Å². The Labute approximate surface area is 125 Å². The molecule has 2 rings (SSSR count). The summed E-state index contributed by atoms with van der Waals surface area (Å²) < 4.78 is 26.7. The minimum atomic E-state index is -1.01. The van der Waals surface area contributed by atoms with Crippen molar-refractivity contribution in [2.24, 2.45) is 0 Å². The van der Waals surface area contributed by atoms with E-state index in [1.807, 2.05) is 0 Å². The third kappa shape index (κ3) is 3.40. The number of nitrogens with one attached hydrogen (secondary N) is 1. The Morgan fingerprint density at radius 2 is 1.86 bits per heavy atom. The van der Waals surface area contributed by atoms with E-state index in [1.54, 1.807) is 0 Å². The maximum absolute atomic E-state index is 13.3. The lowest BCUT2D eigenvalue weighted by molar-refractivity contribution is -0.387. The van der Waals surface area contributed by atoms with E-state index in [-0.39, 0.29) is 15.7 Å². The topological polar surface area (TPSA) is 72.2 Å². The molecule has 5 nitrogen and oxygen atoms in total. The van der Waals surface area contributed by atoms with Gasteiger partial charge in [-0.05, 0) is 46.3 Å². The summed E-state index contributed by atoms with van der Waals surface area (Å²) in [5, 5.41) is 12.9. The number of halogens is 3. The molecule has 0 saturated heterocycles. The number of anilines is 1. The highest BCUT2D eigenvalue weighted by Crippen LogP contribution is 2.22. The maximum atomic E-state index is 13.3. The molecule has 0 radical (unpaired) electrons. The van der Waals surface area contributed by atoms with Crippen molar-refractivity contribution in [1.82, 2.24) is 0 Å². The van der Waals surface area contributed by atoms with Crippen LogP contribution >= 0.6 is 15.9 Å². The number of hydrogen-bond acceptors (Lipinski definition) is 3. The molecular formula is C13H7BrF2N2O3. The van der Waals surface area contributed by atoms with Crippen LogP contribution in [0.25, 0.3) is 0 Å². The van der Waals surface area contributed by atoms with E-state index in [1.165, 1.54) is 18.2 Å². The van der Waals surface area contributed by atoms with Gasteiger partial charge in [0, 0.05) is 17.3 Å². The first-order chi connectivity index (χ1) is 9.88. The van der Waals surface area contributed by atoms with Gasteiger partial charge < -0.3 is 5.32 Å². The molecule has 0 saturated carbocycles. The third-order valence-electron chi connectivity index (χ3n) is 2.58. The lowest BCUT2D eigenvalue weighted by Crippen LogP contribution is -2.12. The molecule has 0 aliphatic carbocycles. The highest BCUT2D eigenvalue weighted by molar-refractivity contribution is 9.10. The predicted molar refractivity (Wildman–Crippen MR) is 75.1 cm³/mol. The lowest BCUT2D eigenvalue weighted by Gasteiger charge is -2.06. The van der Waals surface area contributed by atoms with Gasteiger partial charge >= 0.3 is 5.69 Å². The second-order valence-electron chi connectivity index (χ2n) is 4.01. The van der Waals surface area contributed by atoms with E-state index in [9.17, 15) is 23.7 Å². The van der Waals surface area contributed by atoms with Gasteiger partial charge in [-0.2, -0.15) is 4.39 Å². The average molecular weight is 357 g/mol. The summed E-state index contributed by atoms with van der Waals surface area (Å²) in [5.41, 5.74) is -0.686. The van der Waals surface area contributed by atoms with Gasteiger partial charge in [-0.1, -0.05) is 0 Å². The zero-order valence-electron chi connectivity index (χ0n) is 10.3. The van der Waals surface area contributed by atoms with Crippen LogP contribution in [-0.4, -0.2) is 10.8 Å². The highest BCUT2D eigenvalue weighted by atomic mass is 79.9. The Balaban J connectivity index is 2.25. The van der Waals surface area contributed by atoms with E-state index in [0.717, 1.165) is 18.2 Å². The van der Waals surface area contributed by atoms with Gasteiger partial charge in [0.25, 0.3) is 5.91 Å². The van der Waals surface area contributed by atoms with E-state index >= 15 is 0 Å². The number of carbonyl (C=O) groups excluding carboxylic acids is 1. The molecule has 8 heteroatoms. The average Bonchev–Trinajstić information content (AvgIpc) is 2.43. The Hall–Kier alpha value is -2.35. The largest absolute Gasteiger partial charge is 0.322 e. The van der Waals surface area contributed by atoms with Gasteiger partial charge in [-0.15, -0.1) is 0 Å². The normalized spacial score (nSPS) is 10.2. The summed E-state index contributed by atoms with van der Waals surface area (Å²) in [6, 6.07) is 6.68. The number of rotatable bonds is 3. The van der Waals surface area contributed by atoms with Crippen LogP contribution < -0.4 is 5.32 Å². The van der Waals surface area contributed by atoms with Crippen molar-refractivity contribution in [3.8, 4) is 0 Å². The Bertz CT molecular complexity index is 737. The van der Waals surface area contributed by atoms with Gasteiger partial charge in [0.05, 0.1) is 9.40 Å². The van der Waals surface area contributed by atoms with Crippen molar-refractivity contribution in [3.05, 3.63) is 68.2 Å². The number of nitro benzene ring substituents is 1. The summed E-state index contributed by atoms with van der Waals surface area (Å²) in [5.74, 6) is -2.29. The van der Waals surface area contributed by atoms with Crippen molar-refractivity contribution in [2.45, 2.75) is 0 Å². The van der Waals surface area contributed by atoms with Crippen LogP contribution in [0.15, 0.2) is 40.9 Å². The van der Waals surface area contributed by atoms with Crippen LogP contribution in [0.2, 0.25) is 0 Å². The number of benzene rings is 2. The fourth-order valence-electron chi connectivity index (χ4n) is 1.57. The zero-order chi connectivity index (χ0) is 15.6. The van der Waals surface area contributed by atoms with E-state index < -0.39 is 28.2 Å². The van der Waals surface area contributed by atoms with Crippen LogP contribution in [0.1, 0.15) is 10.4 Å². The van der Waals surface area contributed by atoms with Gasteiger partial charge in [0.15, 0.2) is 0 Å². The van der Waals surface area contributed by atoms with Crippen molar-refractivity contribution in [2.75, 3.05) is 5.32 Å². The van der Waals surface area contributed by atoms with Gasteiger partial charge in [-0.25, -0.2) is 4.39 Å². The molecule has 2 aromatic carbocycles. The number of nitrogens with zero attached hydrogens (tertiary/aromatic N) is 1. The molecule has 0 spiro atoms. The summed E-state index contributed by atoms with van der Waals surface area (Å²) in [7, 11) is 0. The monoisotopic (exact) mass is 356 g/mol. The predicted octanol–water partition coefficient (Wildman–Crippen LogP) is 3.89. The maximum Gasteiger partial charge on any atom is 0.306 e. The van der Waals surface area contributed by atoms with E-state index in [2.05, 4.69) is 21.2 Å². The molecule has 21 heavy (non-hydrogen) atoms. The summed E-state index contributed by atoms with van der Waals surface area (Å²) in [4.78, 5) is 21.6. The minimum absolute atomic E-state index is 0.0303. The molecule has 108 valence electrons. The van der Waals surface area contributed by atoms with Crippen molar-refractivity contribution in [3.63, 3.8) is 0 Å². The molecular weight excluding hydrogens is 350 g/mol. The molecule has 1 N–H and O–H groups in total. The second-order valence-corrected chi connectivity index (χ2v) is 4.86. The first-order valence-electron chi connectivity index (χ1n) is 5.59. The first-order valence-corrected chi connectivity index (χ1v) is 6.38. The molecule has 0 aliphatic heterocycles. The first kappa shape index (κ1) is 15.0. The minimum Gasteiger partial charge on any atom is -0.322 e. The number of carbonyl (C=O) groups is 1. The highest BCUT2D eigenvalue weighted by Gasteiger charge is 2.16. The van der Waals surface area contributed by atoms with Crippen molar-refractivity contribution in [1.29, 1.82) is 0 Å². The van der Waals surface area contributed by atoms with Crippen molar-refractivity contribution < 1.29 is 18.5 Å². The lowest BCUT2D eigenvalue weighted by atomic mass is 10.2. The van der Waals surface area contributed by atoms with Crippen LogP contribution in [0, 0.1) is 21.7 Å². The quantitative estimate of drug-likeness (QED) is 0.669. The molecule has 2 aromatic rings. The number of hydrogen-bond donors (Lipinski definition) is 1. The molecule has 0 unspecified atom stereocenters. The van der Waals surface area contributed by atoms with E-state index in [4.69, 9.17) is 0 Å². The molecule has 0 aromatic heterocycles. The van der Waals surface area contributed by atoms with Crippen LogP contribution in [0.5, 0.6) is 0 Å². The van der Waals surface area contributed by atoms with Crippen LogP contribution in [0.4, 0.5) is 20.2 Å². The molecule has 0 bridgehead atoms. The summed E-state index contributed by atoms with van der Waals surface area (Å²) in [6.45, 7) is 0. The standard InChI is InChI=1S/C13H7BrF2N2O3/c14-9-3-1-7(5-11(9)16)13(19)17-8-2-4-10(15)12(6-8)18(20)21/h1-6H,(H,17,19). The Kier molecular flexibility index (Phi) is 4.27. The molecule has 1 amide bonds. The fourth-order valence-corrected chi connectivity index (χ4v) is 1.82. The second kappa shape index (κ2) is 5.96. The fraction of sp³-hybridized carbons (Fsp3) is 0. The van der Waals surface area contributed by atoms with Crippen LogP contribution in [0.3, 0.4) is 0 Å². The molecule has 0 heterocycles. The molecule has 0 atom stereocenters. The molecule has 0 aliphatic rings. The summed E-state index contributed by atoms with van der Waals surface area (Å²) >= 11 is 2.96. The SMILES string of the molecule is O=C(Nc1ccc(F)c([N+](=O)[O-])c1)c1ccc(Br)c(F)c1. The van der Waals surface area contributed by atoms with Crippen molar-refractivity contribution >= 4 is 33.2 Å².